The van der Waals surface area contributed by atoms with E-state index in [2.05, 4.69) is 17.5 Å². The van der Waals surface area contributed by atoms with Crippen LogP contribution in [0, 0.1) is 0 Å². The van der Waals surface area contributed by atoms with Gasteiger partial charge in [0, 0.05) is 5.56 Å². The molecular formula is C20H22Cl2N2O2. The lowest BCUT2D eigenvalue weighted by Gasteiger charge is -2.10. The molecule has 0 aromatic heterocycles. The van der Waals surface area contributed by atoms with Crippen LogP contribution in [0.15, 0.2) is 47.6 Å². The van der Waals surface area contributed by atoms with Crippen LogP contribution in [0.3, 0.4) is 0 Å². The van der Waals surface area contributed by atoms with E-state index in [0.717, 1.165) is 12.8 Å². The summed E-state index contributed by atoms with van der Waals surface area (Å²) in [6.07, 6.45) is 5.95. The topological polar surface area (TPSA) is 50.7 Å². The normalized spacial score (nSPS) is 10.9. The van der Waals surface area contributed by atoms with E-state index in [1.54, 1.807) is 36.4 Å². The number of carbonyl (C=O) groups is 1. The first-order chi connectivity index (χ1) is 12.6. The largest absolute Gasteiger partial charge is 0.490 e. The Morgan fingerprint density at radius 1 is 1.12 bits per heavy atom. The summed E-state index contributed by atoms with van der Waals surface area (Å²) in [5, 5.41) is 4.78. The Labute approximate surface area is 164 Å². The zero-order valence-corrected chi connectivity index (χ0v) is 16.2. The van der Waals surface area contributed by atoms with Crippen molar-refractivity contribution in [3.63, 3.8) is 0 Å². The number of hydrogen-bond acceptors (Lipinski definition) is 3. The van der Waals surface area contributed by atoms with Crippen molar-refractivity contribution in [3.05, 3.63) is 63.6 Å². The molecule has 2 rings (SSSR count). The van der Waals surface area contributed by atoms with Crippen LogP contribution in [0.2, 0.25) is 10.0 Å². The third-order valence-corrected chi connectivity index (χ3v) is 4.24. The van der Waals surface area contributed by atoms with Gasteiger partial charge in [0.05, 0.1) is 22.9 Å². The summed E-state index contributed by atoms with van der Waals surface area (Å²) in [5.41, 5.74) is 3.68. The van der Waals surface area contributed by atoms with Gasteiger partial charge in [-0.1, -0.05) is 67.6 Å². The van der Waals surface area contributed by atoms with Crippen molar-refractivity contribution in [2.24, 2.45) is 5.10 Å². The molecule has 1 amide bonds. The van der Waals surface area contributed by atoms with Gasteiger partial charge in [0.25, 0.3) is 5.91 Å². The standard InChI is InChI=1S/C20H22Cl2N2O2/c1-2-3-4-8-11-26-19-17(21)12-15(13-18(19)22)14-23-24-20(25)16-9-6-5-7-10-16/h5-7,9-10,12-14H,2-4,8,11H2,1H3,(H,24,25)/b23-14+. The third kappa shape index (κ3) is 6.36. The zero-order chi connectivity index (χ0) is 18.8. The molecule has 2 aromatic rings. The van der Waals surface area contributed by atoms with Crippen LogP contribution < -0.4 is 10.2 Å². The van der Waals surface area contributed by atoms with Gasteiger partial charge in [-0.15, -0.1) is 0 Å². The number of hydrazone groups is 1. The fraction of sp³-hybridized carbons (Fsp3) is 0.300. The minimum absolute atomic E-state index is 0.286. The first-order valence-corrected chi connectivity index (χ1v) is 9.37. The molecule has 26 heavy (non-hydrogen) atoms. The first-order valence-electron chi connectivity index (χ1n) is 8.62. The quantitative estimate of drug-likeness (QED) is 0.337. The summed E-state index contributed by atoms with van der Waals surface area (Å²) >= 11 is 12.5. The lowest BCUT2D eigenvalue weighted by molar-refractivity contribution is 0.0955. The minimum atomic E-state index is -0.286. The maximum atomic E-state index is 11.9. The van der Waals surface area contributed by atoms with Crippen molar-refractivity contribution >= 4 is 35.3 Å². The molecular weight excluding hydrogens is 371 g/mol. The second kappa shape index (κ2) is 10.8. The molecule has 0 bridgehead atoms. The molecule has 0 saturated heterocycles. The van der Waals surface area contributed by atoms with Crippen molar-refractivity contribution in [1.82, 2.24) is 5.43 Å². The van der Waals surface area contributed by atoms with Crippen molar-refractivity contribution < 1.29 is 9.53 Å². The summed E-state index contributed by atoms with van der Waals surface area (Å²) in [4.78, 5) is 11.9. The Morgan fingerprint density at radius 3 is 2.46 bits per heavy atom. The second-order valence-corrected chi connectivity index (χ2v) is 6.60. The highest BCUT2D eigenvalue weighted by Crippen LogP contribution is 2.34. The molecule has 0 fully saturated rings. The van der Waals surface area contributed by atoms with Crippen LogP contribution in [-0.2, 0) is 0 Å². The summed E-state index contributed by atoms with van der Waals surface area (Å²) in [5.74, 6) is 0.196. The average Bonchev–Trinajstić information content (AvgIpc) is 2.64. The monoisotopic (exact) mass is 392 g/mol. The first kappa shape index (κ1) is 20.3. The van der Waals surface area contributed by atoms with E-state index in [9.17, 15) is 4.79 Å². The van der Waals surface area contributed by atoms with Gasteiger partial charge in [0.2, 0.25) is 0 Å². The highest BCUT2D eigenvalue weighted by molar-refractivity contribution is 6.37. The molecule has 0 saturated carbocycles. The van der Waals surface area contributed by atoms with Crippen LogP contribution in [-0.4, -0.2) is 18.7 Å². The molecule has 1 N–H and O–H groups in total. The smallest absolute Gasteiger partial charge is 0.271 e. The second-order valence-electron chi connectivity index (χ2n) is 5.79. The molecule has 2 aromatic carbocycles. The van der Waals surface area contributed by atoms with Gasteiger partial charge in [-0.25, -0.2) is 5.43 Å². The minimum Gasteiger partial charge on any atom is -0.490 e. The predicted molar refractivity (Wildman–Crippen MR) is 108 cm³/mol. The van der Waals surface area contributed by atoms with Gasteiger partial charge >= 0.3 is 0 Å². The van der Waals surface area contributed by atoms with Crippen molar-refractivity contribution in [1.29, 1.82) is 0 Å². The van der Waals surface area contributed by atoms with E-state index in [0.29, 0.717) is 33.5 Å². The molecule has 4 nitrogen and oxygen atoms in total. The molecule has 0 heterocycles. The summed E-state index contributed by atoms with van der Waals surface area (Å²) in [7, 11) is 0. The number of nitrogens with zero attached hydrogens (tertiary/aromatic N) is 1. The summed E-state index contributed by atoms with van der Waals surface area (Å²) in [6.45, 7) is 2.75. The van der Waals surface area contributed by atoms with Gasteiger partial charge in [-0.3, -0.25) is 4.79 Å². The van der Waals surface area contributed by atoms with Gasteiger partial charge in [-0.05, 0) is 36.2 Å². The predicted octanol–water partition coefficient (Wildman–Crippen LogP) is 5.72. The molecule has 0 aliphatic carbocycles. The number of halogens is 2. The molecule has 0 aliphatic rings. The molecule has 138 valence electrons. The Bertz CT molecular complexity index is 726. The molecule has 0 aliphatic heterocycles. The molecule has 0 spiro atoms. The van der Waals surface area contributed by atoms with Gasteiger partial charge in [0.15, 0.2) is 5.75 Å². The molecule has 6 heteroatoms. The lowest BCUT2D eigenvalue weighted by atomic mass is 10.2. The zero-order valence-electron chi connectivity index (χ0n) is 14.7. The van der Waals surface area contributed by atoms with Crippen molar-refractivity contribution in [3.8, 4) is 5.75 Å². The van der Waals surface area contributed by atoms with E-state index in [1.807, 2.05) is 6.07 Å². The van der Waals surface area contributed by atoms with Crippen LogP contribution in [0.5, 0.6) is 5.75 Å². The third-order valence-electron chi connectivity index (χ3n) is 3.68. The van der Waals surface area contributed by atoms with Gasteiger partial charge < -0.3 is 4.74 Å². The number of unbranched alkanes of at least 4 members (excludes halogenated alkanes) is 3. The SMILES string of the molecule is CCCCCCOc1c(Cl)cc(/C=N/NC(=O)c2ccccc2)cc1Cl. The van der Waals surface area contributed by atoms with Gasteiger partial charge in [-0.2, -0.15) is 5.10 Å². The Balaban J connectivity index is 1.93. The Kier molecular flexibility index (Phi) is 8.45. The Hall–Kier alpha value is -2.04. The van der Waals surface area contributed by atoms with Crippen LogP contribution in [0.25, 0.3) is 0 Å². The number of ether oxygens (including phenoxy) is 1. The fourth-order valence-electron chi connectivity index (χ4n) is 2.31. The number of carbonyl (C=O) groups excluding carboxylic acids is 1. The van der Waals surface area contributed by atoms with E-state index in [4.69, 9.17) is 27.9 Å². The van der Waals surface area contributed by atoms with Crippen LogP contribution >= 0.6 is 23.2 Å². The number of nitrogens with one attached hydrogen (secondary N) is 1. The molecule has 0 radical (unpaired) electrons. The number of hydrogen-bond donors (Lipinski definition) is 1. The Morgan fingerprint density at radius 2 is 1.81 bits per heavy atom. The maximum absolute atomic E-state index is 11.9. The maximum Gasteiger partial charge on any atom is 0.271 e. The van der Waals surface area contributed by atoms with E-state index >= 15 is 0 Å². The highest BCUT2D eigenvalue weighted by Gasteiger charge is 2.09. The lowest BCUT2D eigenvalue weighted by Crippen LogP contribution is -2.17. The van der Waals surface area contributed by atoms with Crippen LogP contribution in [0.4, 0.5) is 0 Å². The number of amides is 1. The highest BCUT2D eigenvalue weighted by atomic mass is 35.5. The van der Waals surface area contributed by atoms with E-state index < -0.39 is 0 Å². The fourth-order valence-corrected chi connectivity index (χ4v) is 2.93. The molecule has 0 atom stereocenters. The van der Waals surface area contributed by atoms with Crippen LogP contribution in [0.1, 0.15) is 48.5 Å². The van der Waals surface area contributed by atoms with Gasteiger partial charge in [0.1, 0.15) is 0 Å². The number of benzene rings is 2. The molecule has 0 unspecified atom stereocenters. The summed E-state index contributed by atoms with van der Waals surface area (Å²) < 4.78 is 5.69. The average molecular weight is 393 g/mol. The van der Waals surface area contributed by atoms with E-state index in [-0.39, 0.29) is 5.91 Å². The summed E-state index contributed by atoms with van der Waals surface area (Å²) in [6, 6.07) is 12.3. The number of rotatable bonds is 9. The van der Waals surface area contributed by atoms with Crippen molar-refractivity contribution in [2.45, 2.75) is 32.6 Å². The van der Waals surface area contributed by atoms with E-state index in [1.165, 1.54) is 19.1 Å². The van der Waals surface area contributed by atoms with Crippen molar-refractivity contribution in [2.75, 3.05) is 6.61 Å².